The van der Waals surface area contributed by atoms with Crippen LogP contribution in [0.1, 0.15) is 26.2 Å². The lowest BCUT2D eigenvalue weighted by atomic mass is 10.1. The first-order chi connectivity index (χ1) is 9.26. The molecule has 0 aliphatic carbocycles. The number of rotatable bonds is 5. The lowest BCUT2D eigenvalue weighted by molar-refractivity contribution is 0.0441. The number of benzene rings is 1. The van der Waals surface area contributed by atoms with E-state index < -0.39 is 0 Å². The molecular weight excluding hydrogens is 240 g/mol. The highest BCUT2D eigenvalue weighted by Crippen LogP contribution is 2.33. The molecule has 0 amide bonds. The van der Waals surface area contributed by atoms with Crippen molar-refractivity contribution in [2.24, 2.45) is 0 Å². The topological polar surface area (TPSA) is 47.7 Å². The van der Waals surface area contributed by atoms with Crippen LogP contribution in [0, 0.1) is 0 Å². The highest BCUT2D eigenvalue weighted by atomic mass is 16.5. The maximum Gasteiger partial charge on any atom is 0.143 e. The summed E-state index contributed by atoms with van der Waals surface area (Å²) >= 11 is 0. The van der Waals surface area contributed by atoms with Crippen LogP contribution >= 0.6 is 0 Å². The van der Waals surface area contributed by atoms with Crippen molar-refractivity contribution in [1.29, 1.82) is 0 Å². The monoisotopic (exact) mass is 264 g/mol. The van der Waals surface area contributed by atoms with Gasteiger partial charge in [0.05, 0.1) is 24.6 Å². The summed E-state index contributed by atoms with van der Waals surface area (Å²) in [5.41, 5.74) is 7.95. The number of nitrogens with zero attached hydrogens (tertiary/aromatic N) is 1. The Morgan fingerprint density at radius 2 is 2.26 bits per heavy atom. The van der Waals surface area contributed by atoms with Crippen LogP contribution in [0.25, 0.3) is 0 Å². The molecule has 19 heavy (non-hydrogen) atoms. The third-order valence-electron chi connectivity index (χ3n) is 3.54. The first kappa shape index (κ1) is 14.0. The molecule has 4 nitrogen and oxygen atoms in total. The zero-order valence-corrected chi connectivity index (χ0v) is 11.9. The van der Waals surface area contributed by atoms with E-state index in [0.717, 1.165) is 56.1 Å². The highest BCUT2D eigenvalue weighted by Gasteiger charge is 2.22. The standard InChI is InChI=1S/C15H24N2O2/c1-3-10-19-12-6-5-9-17(11-12)13-7-4-8-14(18-2)15(13)16/h4,7-8,12H,3,5-6,9-11,16H2,1-2H3. The van der Waals surface area contributed by atoms with Gasteiger partial charge in [-0.1, -0.05) is 13.0 Å². The summed E-state index contributed by atoms with van der Waals surface area (Å²) in [6.07, 6.45) is 3.67. The van der Waals surface area contributed by atoms with E-state index in [1.54, 1.807) is 7.11 Å². The number of nitrogen functional groups attached to an aromatic ring is 1. The molecule has 1 atom stereocenters. The average Bonchev–Trinajstić information content (AvgIpc) is 2.45. The second-order valence-electron chi connectivity index (χ2n) is 4.97. The van der Waals surface area contributed by atoms with Crippen molar-refractivity contribution < 1.29 is 9.47 Å². The van der Waals surface area contributed by atoms with Gasteiger partial charge in [0.15, 0.2) is 0 Å². The van der Waals surface area contributed by atoms with Crippen LogP contribution in [0.2, 0.25) is 0 Å². The normalized spacial score (nSPS) is 19.5. The predicted octanol–water partition coefficient (Wildman–Crippen LogP) is 2.67. The van der Waals surface area contributed by atoms with E-state index >= 15 is 0 Å². The second-order valence-corrected chi connectivity index (χ2v) is 4.97. The Labute approximate surface area is 115 Å². The lowest BCUT2D eigenvalue weighted by Crippen LogP contribution is -2.40. The minimum atomic E-state index is 0.319. The molecule has 1 heterocycles. The fourth-order valence-corrected chi connectivity index (χ4v) is 2.56. The Kier molecular flexibility index (Phi) is 4.91. The fraction of sp³-hybridized carbons (Fsp3) is 0.600. The molecule has 1 aromatic rings. The van der Waals surface area contributed by atoms with Gasteiger partial charge in [-0.2, -0.15) is 0 Å². The summed E-state index contributed by atoms with van der Waals surface area (Å²) in [6, 6.07) is 5.94. The zero-order valence-electron chi connectivity index (χ0n) is 11.9. The van der Waals surface area contributed by atoms with Crippen molar-refractivity contribution in [1.82, 2.24) is 0 Å². The zero-order chi connectivity index (χ0) is 13.7. The maximum atomic E-state index is 6.16. The first-order valence-corrected chi connectivity index (χ1v) is 7.05. The van der Waals surface area contributed by atoms with Crippen molar-refractivity contribution in [2.75, 3.05) is 37.4 Å². The van der Waals surface area contributed by atoms with Crippen molar-refractivity contribution >= 4 is 11.4 Å². The van der Waals surface area contributed by atoms with Crippen LogP contribution < -0.4 is 15.4 Å². The van der Waals surface area contributed by atoms with Gasteiger partial charge in [-0.3, -0.25) is 0 Å². The minimum absolute atomic E-state index is 0.319. The maximum absolute atomic E-state index is 6.16. The molecule has 1 aromatic carbocycles. The van der Waals surface area contributed by atoms with Crippen LogP contribution in [-0.2, 0) is 4.74 Å². The Morgan fingerprint density at radius 1 is 1.42 bits per heavy atom. The minimum Gasteiger partial charge on any atom is -0.495 e. The summed E-state index contributed by atoms with van der Waals surface area (Å²) in [7, 11) is 1.65. The lowest BCUT2D eigenvalue weighted by Gasteiger charge is -2.35. The number of para-hydroxylation sites is 1. The summed E-state index contributed by atoms with van der Waals surface area (Å²) < 4.78 is 11.2. The van der Waals surface area contributed by atoms with E-state index in [-0.39, 0.29) is 0 Å². The van der Waals surface area contributed by atoms with Gasteiger partial charge in [0.25, 0.3) is 0 Å². The first-order valence-electron chi connectivity index (χ1n) is 7.05. The number of anilines is 2. The van der Waals surface area contributed by atoms with Crippen LogP contribution in [-0.4, -0.2) is 32.9 Å². The largest absolute Gasteiger partial charge is 0.495 e. The van der Waals surface area contributed by atoms with E-state index in [9.17, 15) is 0 Å². The SMILES string of the molecule is CCCOC1CCCN(c2cccc(OC)c2N)C1. The van der Waals surface area contributed by atoms with E-state index in [2.05, 4.69) is 17.9 Å². The number of methoxy groups -OCH3 is 1. The van der Waals surface area contributed by atoms with E-state index in [0.29, 0.717) is 6.10 Å². The summed E-state index contributed by atoms with van der Waals surface area (Å²) in [5.74, 6) is 0.745. The molecule has 2 N–H and O–H groups in total. The highest BCUT2D eigenvalue weighted by molar-refractivity contribution is 5.74. The molecule has 1 unspecified atom stereocenters. The summed E-state index contributed by atoms with van der Waals surface area (Å²) in [6.45, 7) is 4.92. The van der Waals surface area contributed by atoms with Crippen molar-refractivity contribution in [2.45, 2.75) is 32.3 Å². The summed E-state index contributed by atoms with van der Waals surface area (Å²) in [5, 5.41) is 0. The molecule has 0 radical (unpaired) electrons. The second kappa shape index (κ2) is 6.66. The number of ether oxygens (including phenoxy) is 2. The number of hydrogen-bond donors (Lipinski definition) is 1. The van der Waals surface area contributed by atoms with Crippen LogP contribution in [0.15, 0.2) is 18.2 Å². The molecule has 106 valence electrons. The molecule has 4 heteroatoms. The molecule has 0 aromatic heterocycles. The Bertz CT molecular complexity index is 409. The van der Waals surface area contributed by atoms with Gasteiger partial charge in [0, 0.05) is 19.7 Å². The van der Waals surface area contributed by atoms with Gasteiger partial charge >= 0.3 is 0 Å². The quantitative estimate of drug-likeness (QED) is 0.831. The van der Waals surface area contributed by atoms with Gasteiger partial charge in [-0.25, -0.2) is 0 Å². The van der Waals surface area contributed by atoms with Crippen molar-refractivity contribution in [3.8, 4) is 5.75 Å². The Hall–Kier alpha value is -1.42. The van der Waals surface area contributed by atoms with Crippen LogP contribution in [0.5, 0.6) is 5.75 Å². The molecule has 2 rings (SSSR count). The molecule has 0 spiro atoms. The van der Waals surface area contributed by atoms with Crippen LogP contribution in [0.3, 0.4) is 0 Å². The van der Waals surface area contributed by atoms with Gasteiger partial charge in [-0.05, 0) is 31.4 Å². The molecule has 0 saturated carbocycles. The third-order valence-corrected chi connectivity index (χ3v) is 3.54. The molecule has 1 aliphatic heterocycles. The average molecular weight is 264 g/mol. The molecule has 1 fully saturated rings. The van der Waals surface area contributed by atoms with Gasteiger partial charge in [0.1, 0.15) is 5.75 Å². The summed E-state index contributed by atoms with van der Waals surface area (Å²) in [4.78, 5) is 2.31. The van der Waals surface area contributed by atoms with Crippen molar-refractivity contribution in [3.63, 3.8) is 0 Å². The van der Waals surface area contributed by atoms with E-state index in [1.165, 1.54) is 0 Å². The Balaban J connectivity index is 2.08. The third kappa shape index (κ3) is 3.32. The molecule has 1 saturated heterocycles. The van der Waals surface area contributed by atoms with Gasteiger partial charge in [0.2, 0.25) is 0 Å². The van der Waals surface area contributed by atoms with Gasteiger partial charge < -0.3 is 20.1 Å². The molecular formula is C15H24N2O2. The van der Waals surface area contributed by atoms with Crippen molar-refractivity contribution in [3.05, 3.63) is 18.2 Å². The number of nitrogens with two attached hydrogens (primary N) is 1. The number of piperidine rings is 1. The number of hydrogen-bond acceptors (Lipinski definition) is 4. The predicted molar refractivity (Wildman–Crippen MR) is 78.9 cm³/mol. The van der Waals surface area contributed by atoms with Gasteiger partial charge in [-0.15, -0.1) is 0 Å². The van der Waals surface area contributed by atoms with E-state index in [1.807, 2.05) is 12.1 Å². The smallest absolute Gasteiger partial charge is 0.143 e. The fourth-order valence-electron chi connectivity index (χ4n) is 2.56. The van der Waals surface area contributed by atoms with Crippen LogP contribution in [0.4, 0.5) is 11.4 Å². The molecule has 0 bridgehead atoms. The van der Waals surface area contributed by atoms with E-state index in [4.69, 9.17) is 15.2 Å². The molecule has 1 aliphatic rings. The Morgan fingerprint density at radius 3 is 3.00 bits per heavy atom.